The van der Waals surface area contributed by atoms with Gasteiger partial charge in [0.15, 0.2) is 0 Å². The Morgan fingerprint density at radius 3 is 2.73 bits per heavy atom. The minimum Gasteiger partial charge on any atom is -0.494 e. The Morgan fingerprint density at radius 1 is 1.07 bits per heavy atom. The van der Waals surface area contributed by atoms with Crippen LogP contribution < -0.4 is 10.1 Å². The number of amides is 1. The first-order valence-electron chi connectivity index (χ1n) is 9.62. The van der Waals surface area contributed by atoms with Crippen molar-refractivity contribution >= 4 is 11.6 Å². The van der Waals surface area contributed by atoms with E-state index in [4.69, 9.17) is 9.26 Å². The fourth-order valence-corrected chi connectivity index (χ4v) is 2.87. The number of hydrogen-bond acceptors (Lipinski definition) is 6. The number of carbonyl (C=O) groups excluding carboxylic acids is 1. The highest BCUT2D eigenvalue weighted by atomic mass is 16.5. The van der Waals surface area contributed by atoms with Crippen molar-refractivity contribution < 1.29 is 14.1 Å². The number of para-hydroxylation sites is 1. The third kappa shape index (κ3) is 4.35. The van der Waals surface area contributed by atoms with Crippen LogP contribution in [0.4, 0.5) is 5.69 Å². The summed E-state index contributed by atoms with van der Waals surface area (Å²) in [5, 5.41) is 6.96. The van der Waals surface area contributed by atoms with Crippen molar-refractivity contribution in [1.29, 1.82) is 0 Å². The molecule has 30 heavy (non-hydrogen) atoms. The Bertz CT molecular complexity index is 1140. The van der Waals surface area contributed by atoms with Gasteiger partial charge < -0.3 is 14.6 Å². The summed E-state index contributed by atoms with van der Waals surface area (Å²) in [4.78, 5) is 21.3. The number of ether oxygens (including phenoxy) is 1. The average molecular weight is 400 g/mol. The first-order valence-corrected chi connectivity index (χ1v) is 9.62. The van der Waals surface area contributed by atoms with E-state index in [0.717, 1.165) is 12.0 Å². The number of rotatable bonds is 7. The lowest BCUT2D eigenvalue weighted by molar-refractivity contribution is 0.102. The molecule has 4 rings (SSSR count). The first-order chi connectivity index (χ1) is 14.7. The smallest absolute Gasteiger partial charge is 0.260 e. The van der Waals surface area contributed by atoms with Gasteiger partial charge in [-0.05, 0) is 48.9 Å². The Labute approximate surface area is 173 Å². The van der Waals surface area contributed by atoms with Gasteiger partial charge in [-0.2, -0.15) is 4.98 Å². The van der Waals surface area contributed by atoms with Crippen molar-refractivity contribution in [3.05, 3.63) is 78.6 Å². The molecule has 1 amide bonds. The molecule has 0 radical (unpaired) electrons. The Morgan fingerprint density at radius 2 is 1.90 bits per heavy atom. The Balaban J connectivity index is 1.57. The summed E-state index contributed by atoms with van der Waals surface area (Å²) in [6, 6.07) is 18.0. The summed E-state index contributed by atoms with van der Waals surface area (Å²) in [5.41, 5.74) is 2.51. The van der Waals surface area contributed by atoms with Crippen LogP contribution in [0.5, 0.6) is 5.75 Å². The number of aromatic nitrogens is 3. The van der Waals surface area contributed by atoms with E-state index in [2.05, 4.69) is 20.4 Å². The van der Waals surface area contributed by atoms with Crippen LogP contribution in [0.25, 0.3) is 22.8 Å². The molecule has 150 valence electrons. The van der Waals surface area contributed by atoms with Gasteiger partial charge in [-0.25, -0.2) is 0 Å². The topological polar surface area (TPSA) is 90.1 Å². The standard InChI is InChI=1S/C23H20N4O3/c1-2-14-29-18-7-5-6-17(15-18)22(28)25-20-9-4-3-8-19(20)23-26-21(27-30-23)16-10-12-24-13-11-16/h3-13,15H,2,14H2,1H3,(H,25,28). The molecular formula is C23H20N4O3. The molecule has 0 saturated heterocycles. The highest BCUT2D eigenvalue weighted by Crippen LogP contribution is 2.29. The lowest BCUT2D eigenvalue weighted by atomic mass is 10.1. The Hall–Kier alpha value is -4.00. The predicted molar refractivity (Wildman–Crippen MR) is 113 cm³/mol. The zero-order valence-electron chi connectivity index (χ0n) is 16.4. The van der Waals surface area contributed by atoms with Gasteiger partial charge in [0.25, 0.3) is 11.8 Å². The van der Waals surface area contributed by atoms with Gasteiger partial charge in [0.05, 0.1) is 17.9 Å². The van der Waals surface area contributed by atoms with E-state index < -0.39 is 0 Å². The maximum atomic E-state index is 12.8. The van der Waals surface area contributed by atoms with Gasteiger partial charge in [0.2, 0.25) is 5.82 Å². The number of benzene rings is 2. The van der Waals surface area contributed by atoms with Crippen LogP contribution in [-0.4, -0.2) is 27.6 Å². The van der Waals surface area contributed by atoms with E-state index in [-0.39, 0.29) is 5.91 Å². The molecule has 0 aliphatic heterocycles. The Kier molecular flexibility index (Phi) is 5.80. The van der Waals surface area contributed by atoms with E-state index in [1.54, 1.807) is 48.8 Å². The monoisotopic (exact) mass is 400 g/mol. The lowest BCUT2D eigenvalue weighted by Gasteiger charge is -2.10. The second-order valence-electron chi connectivity index (χ2n) is 6.54. The molecule has 0 saturated carbocycles. The lowest BCUT2D eigenvalue weighted by Crippen LogP contribution is -2.12. The highest BCUT2D eigenvalue weighted by molar-refractivity contribution is 6.06. The van der Waals surface area contributed by atoms with Crippen molar-refractivity contribution in [3.8, 4) is 28.6 Å². The van der Waals surface area contributed by atoms with Gasteiger partial charge in [-0.1, -0.05) is 30.3 Å². The van der Waals surface area contributed by atoms with Gasteiger partial charge >= 0.3 is 0 Å². The predicted octanol–water partition coefficient (Wildman–Crippen LogP) is 4.84. The number of nitrogens with zero attached hydrogens (tertiary/aromatic N) is 3. The van der Waals surface area contributed by atoms with Crippen LogP contribution in [0.3, 0.4) is 0 Å². The van der Waals surface area contributed by atoms with Crippen LogP contribution >= 0.6 is 0 Å². The van der Waals surface area contributed by atoms with Crippen molar-refractivity contribution in [2.24, 2.45) is 0 Å². The molecule has 7 nitrogen and oxygen atoms in total. The number of anilines is 1. The van der Waals surface area contributed by atoms with Crippen LogP contribution in [0.1, 0.15) is 23.7 Å². The SMILES string of the molecule is CCCOc1cccc(C(=O)Nc2ccccc2-c2nc(-c3ccncc3)no2)c1. The number of nitrogens with one attached hydrogen (secondary N) is 1. The van der Waals surface area contributed by atoms with E-state index in [9.17, 15) is 4.79 Å². The molecule has 0 spiro atoms. The van der Waals surface area contributed by atoms with E-state index in [1.807, 2.05) is 31.2 Å². The van der Waals surface area contributed by atoms with Crippen LogP contribution in [0.2, 0.25) is 0 Å². The summed E-state index contributed by atoms with van der Waals surface area (Å²) in [5.74, 6) is 1.18. The van der Waals surface area contributed by atoms with Crippen molar-refractivity contribution in [1.82, 2.24) is 15.1 Å². The first kappa shape index (κ1) is 19.3. The van der Waals surface area contributed by atoms with E-state index in [0.29, 0.717) is 40.9 Å². The average Bonchev–Trinajstić information content (AvgIpc) is 3.29. The van der Waals surface area contributed by atoms with E-state index in [1.165, 1.54) is 0 Å². The molecule has 2 aromatic heterocycles. The van der Waals surface area contributed by atoms with Gasteiger partial charge in [0.1, 0.15) is 5.75 Å². The number of hydrogen-bond donors (Lipinski definition) is 1. The fourth-order valence-electron chi connectivity index (χ4n) is 2.87. The second-order valence-corrected chi connectivity index (χ2v) is 6.54. The zero-order valence-corrected chi connectivity index (χ0v) is 16.4. The molecule has 0 aliphatic rings. The minimum absolute atomic E-state index is 0.252. The molecule has 0 aliphatic carbocycles. The third-order valence-electron chi connectivity index (χ3n) is 4.34. The maximum Gasteiger partial charge on any atom is 0.260 e. The van der Waals surface area contributed by atoms with E-state index >= 15 is 0 Å². The normalized spacial score (nSPS) is 10.6. The van der Waals surface area contributed by atoms with Crippen molar-refractivity contribution in [2.75, 3.05) is 11.9 Å². The number of pyridine rings is 1. The zero-order chi connectivity index (χ0) is 20.8. The van der Waals surface area contributed by atoms with Gasteiger partial charge in [0, 0.05) is 23.5 Å². The molecule has 2 heterocycles. The fraction of sp³-hybridized carbons (Fsp3) is 0.130. The minimum atomic E-state index is -0.252. The van der Waals surface area contributed by atoms with Crippen LogP contribution in [-0.2, 0) is 0 Å². The highest BCUT2D eigenvalue weighted by Gasteiger charge is 2.16. The van der Waals surface area contributed by atoms with Crippen LogP contribution in [0.15, 0.2) is 77.6 Å². The molecule has 4 aromatic rings. The van der Waals surface area contributed by atoms with Crippen LogP contribution in [0, 0.1) is 0 Å². The summed E-state index contributed by atoms with van der Waals surface area (Å²) in [6.45, 7) is 2.63. The molecule has 0 unspecified atom stereocenters. The molecular weight excluding hydrogens is 380 g/mol. The molecule has 0 bridgehead atoms. The molecule has 7 heteroatoms. The summed E-state index contributed by atoms with van der Waals surface area (Å²) >= 11 is 0. The molecule has 1 N–H and O–H groups in total. The third-order valence-corrected chi connectivity index (χ3v) is 4.34. The maximum absolute atomic E-state index is 12.8. The summed E-state index contributed by atoms with van der Waals surface area (Å²) in [7, 11) is 0. The number of carbonyl (C=O) groups is 1. The van der Waals surface area contributed by atoms with Gasteiger partial charge in [-0.15, -0.1) is 0 Å². The summed E-state index contributed by atoms with van der Waals surface area (Å²) in [6.07, 6.45) is 4.23. The summed E-state index contributed by atoms with van der Waals surface area (Å²) < 4.78 is 11.1. The molecule has 0 atom stereocenters. The molecule has 2 aromatic carbocycles. The quantitative estimate of drug-likeness (QED) is 0.477. The largest absolute Gasteiger partial charge is 0.494 e. The van der Waals surface area contributed by atoms with Gasteiger partial charge in [-0.3, -0.25) is 9.78 Å². The van der Waals surface area contributed by atoms with Crippen molar-refractivity contribution in [2.45, 2.75) is 13.3 Å². The second kappa shape index (κ2) is 9.00. The van der Waals surface area contributed by atoms with Crippen molar-refractivity contribution in [3.63, 3.8) is 0 Å². The molecule has 0 fully saturated rings.